The van der Waals surface area contributed by atoms with E-state index in [4.69, 9.17) is 5.73 Å². The molecule has 1 heterocycles. The minimum Gasteiger partial charge on any atom is -0.369 e. The van der Waals surface area contributed by atoms with Crippen molar-refractivity contribution in [2.45, 2.75) is 45.7 Å². The van der Waals surface area contributed by atoms with Crippen LogP contribution in [0.5, 0.6) is 0 Å². The zero-order valence-electron chi connectivity index (χ0n) is 14.3. The minimum absolute atomic E-state index is 0.259. The normalized spacial score (nSPS) is 23.9. The van der Waals surface area contributed by atoms with Gasteiger partial charge in [-0.15, -0.1) is 0 Å². The monoisotopic (exact) mass is 289 g/mol. The van der Waals surface area contributed by atoms with Gasteiger partial charge in [-0.05, 0) is 51.4 Å². The van der Waals surface area contributed by atoms with Gasteiger partial charge >= 0.3 is 0 Å². The summed E-state index contributed by atoms with van der Waals surface area (Å²) in [6, 6.07) is 7.73. The van der Waals surface area contributed by atoms with Crippen LogP contribution in [0.1, 0.15) is 31.4 Å². The van der Waals surface area contributed by atoms with Gasteiger partial charge in [0.1, 0.15) is 0 Å². The van der Waals surface area contributed by atoms with E-state index in [-0.39, 0.29) is 6.04 Å². The van der Waals surface area contributed by atoms with Crippen molar-refractivity contribution >= 4 is 5.69 Å². The molecule has 1 aliphatic rings. The molecule has 0 saturated carbocycles. The van der Waals surface area contributed by atoms with Crippen LogP contribution in [0.3, 0.4) is 0 Å². The molecule has 1 saturated heterocycles. The predicted molar refractivity (Wildman–Crippen MR) is 92.0 cm³/mol. The smallest absolute Gasteiger partial charge is 0.0400 e. The number of benzene rings is 1. The molecule has 1 aromatic rings. The molecule has 3 heteroatoms. The van der Waals surface area contributed by atoms with E-state index in [1.165, 1.54) is 16.8 Å². The Bertz CT molecular complexity index is 470. The molecule has 3 atom stereocenters. The molecular formula is C18H31N3. The highest BCUT2D eigenvalue weighted by atomic mass is 15.2. The van der Waals surface area contributed by atoms with Crippen molar-refractivity contribution in [2.24, 2.45) is 11.7 Å². The summed E-state index contributed by atoms with van der Waals surface area (Å²) in [4.78, 5) is 4.91. The number of likely N-dealkylation sites (N-methyl/N-ethyl adjacent to an activating group) is 1. The van der Waals surface area contributed by atoms with E-state index < -0.39 is 0 Å². The molecule has 0 spiro atoms. The third-order valence-electron chi connectivity index (χ3n) is 4.82. The van der Waals surface area contributed by atoms with E-state index in [2.05, 4.69) is 62.9 Å². The lowest BCUT2D eigenvalue weighted by molar-refractivity contribution is 0.266. The van der Waals surface area contributed by atoms with E-state index in [0.717, 1.165) is 25.9 Å². The summed E-state index contributed by atoms with van der Waals surface area (Å²) >= 11 is 0. The van der Waals surface area contributed by atoms with E-state index >= 15 is 0 Å². The van der Waals surface area contributed by atoms with Gasteiger partial charge < -0.3 is 15.5 Å². The molecule has 1 aliphatic heterocycles. The van der Waals surface area contributed by atoms with Crippen molar-refractivity contribution in [3.8, 4) is 0 Å². The second-order valence-corrected chi connectivity index (χ2v) is 6.92. The van der Waals surface area contributed by atoms with Gasteiger partial charge in [-0.1, -0.05) is 31.5 Å². The first kappa shape index (κ1) is 16.3. The topological polar surface area (TPSA) is 32.5 Å². The lowest BCUT2D eigenvalue weighted by Crippen LogP contribution is -2.34. The van der Waals surface area contributed by atoms with Gasteiger partial charge in [0.05, 0.1) is 0 Å². The number of anilines is 1. The third kappa shape index (κ3) is 3.78. The van der Waals surface area contributed by atoms with Crippen LogP contribution >= 0.6 is 0 Å². The van der Waals surface area contributed by atoms with Crippen LogP contribution in [0.15, 0.2) is 18.2 Å². The van der Waals surface area contributed by atoms with Crippen molar-refractivity contribution in [3.63, 3.8) is 0 Å². The number of rotatable bonds is 5. The molecule has 0 amide bonds. The number of aryl methyl sites for hydroxylation is 1. The van der Waals surface area contributed by atoms with E-state index in [9.17, 15) is 0 Å². The molecule has 3 unspecified atom stereocenters. The zero-order chi connectivity index (χ0) is 15.6. The molecule has 1 aromatic carbocycles. The van der Waals surface area contributed by atoms with Crippen LogP contribution in [-0.2, 0) is 6.42 Å². The Labute approximate surface area is 130 Å². The van der Waals surface area contributed by atoms with E-state index in [1.54, 1.807) is 0 Å². The molecule has 0 bridgehead atoms. The Kier molecular flexibility index (Phi) is 5.28. The van der Waals surface area contributed by atoms with Crippen molar-refractivity contribution in [1.29, 1.82) is 0 Å². The van der Waals surface area contributed by atoms with E-state index in [0.29, 0.717) is 12.0 Å². The SMILES string of the molecule is CCC(N)Cc1cc(C)ccc1N1CC(C)C(N(C)C)C1. The molecule has 2 N–H and O–H groups in total. The Balaban J connectivity index is 2.23. The fourth-order valence-electron chi connectivity index (χ4n) is 3.43. The van der Waals surface area contributed by atoms with Crippen LogP contribution in [0.25, 0.3) is 0 Å². The zero-order valence-corrected chi connectivity index (χ0v) is 14.3. The Morgan fingerprint density at radius 1 is 1.33 bits per heavy atom. The Morgan fingerprint density at radius 3 is 2.62 bits per heavy atom. The maximum absolute atomic E-state index is 6.20. The Hall–Kier alpha value is -1.06. The van der Waals surface area contributed by atoms with Gasteiger partial charge in [-0.25, -0.2) is 0 Å². The molecule has 0 aliphatic carbocycles. The highest BCUT2D eigenvalue weighted by Gasteiger charge is 2.31. The molecule has 1 fully saturated rings. The highest BCUT2D eigenvalue weighted by molar-refractivity contribution is 5.56. The van der Waals surface area contributed by atoms with Gasteiger partial charge in [0.2, 0.25) is 0 Å². The summed E-state index contributed by atoms with van der Waals surface area (Å²) < 4.78 is 0. The summed E-state index contributed by atoms with van der Waals surface area (Å²) in [7, 11) is 4.38. The van der Waals surface area contributed by atoms with Crippen LogP contribution in [0, 0.1) is 12.8 Å². The first-order chi connectivity index (χ1) is 9.92. The van der Waals surface area contributed by atoms with Crippen molar-refractivity contribution in [3.05, 3.63) is 29.3 Å². The summed E-state index contributed by atoms with van der Waals surface area (Å²) in [6.07, 6.45) is 2.01. The van der Waals surface area contributed by atoms with Gasteiger partial charge in [-0.3, -0.25) is 0 Å². The van der Waals surface area contributed by atoms with Crippen LogP contribution in [-0.4, -0.2) is 44.2 Å². The van der Waals surface area contributed by atoms with Crippen LogP contribution in [0.2, 0.25) is 0 Å². The Morgan fingerprint density at radius 2 is 2.05 bits per heavy atom. The quantitative estimate of drug-likeness (QED) is 0.904. The van der Waals surface area contributed by atoms with Crippen LogP contribution in [0.4, 0.5) is 5.69 Å². The molecule has 21 heavy (non-hydrogen) atoms. The second kappa shape index (κ2) is 6.80. The van der Waals surface area contributed by atoms with E-state index in [1.807, 2.05) is 0 Å². The average Bonchev–Trinajstić information content (AvgIpc) is 2.80. The van der Waals surface area contributed by atoms with Crippen molar-refractivity contribution in [2.75, 3.05) is 32.1 Å². The largest absolute Gasteiger partial charge is 0.369 e. The minimum atomic E-state index is 0.259. The predicted octanol–water partition coefficient (Wildman–Crippen LogP) is 2.66. The first-order valence-electron chi connectivity index (χ1n) is 8.18. The highest BCUT2D eigenvalue weighted by Crippen LogP contribution is 2.30. The summed E-state index contributed by atoms with van der Waals surface area (Å²) in [5, 5.41) is 0. The lowest BCUT2D eigenvalue weighted by atomic mass is 10.00. The molecule has 2 rings (SSSR count). The maximum Gasteiger partial charge on any atom is 0.0400 e. The van der Waals surface area contributed by atoms with Gasteiger partial charge in [0.15, 0.2) is 0 Å². The standard InChI is InChI=1S/C18H31N3/c1-6-16(19)10-15-9-13(2)7-8-17(15)21-11-14(3)18(12-21)20(4)5/h7-9,14,16,18H,6,10-12,19H2,1-5H3. The summed E-state index contributed by atoms with van der Waals surface area (Å²) in [5.74, 6) is 0.703. The number of hydrogen-bond acceptors (Lipinski definition) is 3. The fourth-order valence-corrected chi connectivity index (χ4v) is 3.43. The van der Waals surface area contributed by atoms with Gasteiger partial charge in [0, 0.05) is 30.9 Å². The van der Waals surface area contributed by atoms with Gasteiger partial charge in [-0.2, -0.15) is 0 Å². The summed E-state index contributed by atoms with van der Waals surface area (Å²) in [5.41, 5.74) is 10.3. The second-order valence-electron chi connectivity index (χ2n) is 6.92. The fraction of sp³-hybridized carbons (Fsp3) is 0.667. The molecule has 118 valence electrons. The number of nitrogens with two attached hydrogens (primary N) is 1. The molecular weight excluding hydrogens is 258 g/mol. The number of nitrogens with zero attached hydrogens (tertiary/aromatic N) is 2. The van der Waals surface area contributed by atoms with Crippen LogP contribution < -0.4 is 10.6 Å². The molecule has 3 nitrogen and oxygen atoms in total. The number of hydrogen-bond donors (Lipinski definition) is 1. The molecule has 0 radical (unpaired) electrons. The van der Waals surface area contributed by atoms with Crippen molar-refractivity contribution < 1.29 is 0 Å². The van der Waals surface area contributed by atoms with Gasteiger partial charge in [0.25, 0.3) is 0 Å². The molecule has 0 aromatic heterocycles. The average molecular weight is 289 g/mol. The third-order valence-corrected chi connectivity index (χ3v) is 4.82. The first-order valence-corrected chi connectivity index (χ1v) is 8.18. The summed E-state index contributed by atoms with van der Waals surface area (Å²) in [6.45, 7) is 8.95. The lowest BCUT2D eigenvalue weighted by Gasteiger charge is -2.25. The van der Waals surface area contributed by atoms with Crippen molar-refractivity contribution in [1.82, 2.24) is 4.90 Å². The maximum atomic E-state index is 6.20.